The number of hydrogen-bond donors (Lipinski definition) is 0. The summed E-state index contributed by atoms with van der Waals surface area (Å²) in [6.45, 7) is 7.49. The molecule has 0 aliphatic carbocycles. The standard InChI is InChI=1S/C27H28F2N4O/c1-5-6-25(17(2)18(3)27-30-11-9-26(34)32(27)4)33-12-10-24-20(16-33)13-19(15-31-24)22-8-7-21(28)14-23(22)29/h5-9,11,13-15,25H,10,12,16H2,1-4H3/b6-5-,18-17-. The van der Waals surface area contributed by atoms with Crippen molar-refractivity contribution in [3.8, 4) is 11.1 Å². The molecule has 0 radical (unpaired) electrons. The number of hydrogen-bond acceptors (Lipinski definition) is 4. The first-order valence-electron chi connectivity index (χ1n) is 11.3. The fraction of sp³-hybridized carbons (Fsp3) is 0.296. The van der Waals surface area contributed by atoms with E-state index in [4.69, 9.17) is 0 Å². The van der Waals surface area contributed by atoms with Crippen molar-refractivity contribution >= 4 is 5.57 Å². The van der Waals surface area contributed by atoms with E-state index in [-0.39, 0.29) is 11.6 Å². The van der Waals surface area contributed by atoms with Crippen LogP contribution in [0.2, 0.25) is 0 Å². The number of rotatable bonds is 5. The van der Waals surface area contributed by atoms with Crippen molar-refractivity contribution < 1.29 is 8.78 Å². The maximum atomic E-state index is 14.4. The first-order chi connectivity index (χ1) is 16.3. The zero-order valence-electron chi connectivity index (χ0n) is 19.8. The summed E-state index contributed by atoms with van der Waals surface area (Å²) in [6.07, 6.45) is 8.13. The molecule has 2 aromatic heterocycles. The molecule has 0 bridgehead atoms. The van der Waals surface area contributed by atoms with Crippen LogP contribution in [0.3, 0.4) is 0 Å². The molecule has 0 saturated heterocycles. The second-order valence-electron chi connectivity index (χ2n) is 8.62. The van der Waals surface area contributed by atoms with Crippen molar-refractivity contribution in [3.63, 3.8) is 0 Å². The third-order valence-electron chi connectivity index (χ3n) is 6.51. The van der Waals surface area contributed by atoms with E-state index in [2.05, 4.69) is 27.9 Å². The van der Waals surface area contributed by atoms with E-state index in [0.717, 1.165) is 41.4 Å². The third-order valence-corrected chi connectivity index (χ3v) is 6.51. The van der Waals surface area contributed by atoms with Crippen LogP contribution in [0.4, 0.5) is 8.78 Å². The molecule has 1 aliphatic heterocycles. The zero-order valence-corrected chi connectivity index (χ0v) is 19.8. The Kier molecular flexibility index (Phi) is 6.84. The van der Waals surface area contributed by atoms with E-state index in [1.165, 1.54) is 24.4 Å². The van der Waals surface area contributed by atoms with Gasteiger partial charge in [-0.1, -0.05) is 12.2 Å². The van der Waals surface area contributed by atoms with Gasteiger partial charge >= 0.3 is 0 Å². The topological polar surface area (TPSA) is 51.0 Å². The van der Waals surface area contributed by atoms with E-state index < -0.39 is 11.6 Å². The molecule has 1 unspecified atom stereocenters. The van der Waals surface area contributed by atoms with Gasteiger partial charge in [-0.2, -0.15) is 0 Å². The molecule has 0 saturated carbocycles. The fourth-order valence-corrected chi connectivity index (χ4v) is 4.50. The predicted octanol–water partition coefficient (Wildman–Crippen LogP) is 4.92. The lowest BCUT2D eigenvalue weighted by molar-refractivity contribution is 0.230. The molecule has 0 amide bonds. The van der Waals surface area contributed by atoms with Crippen molar-refractivity contribution in [2.75, 3.05) is 6.54 Å². The van der Waals surface area contributed by atoms with E-state index >= 15 is 0 Å². The molecule has 5 nitrogen and oxygen atoms in total. The van der Waals surface area contributed by atoms with Gasteiger partial charge in [0, 0.05) is 73.9 Å². The molecule has 1 aliphatic rings. The Bertz CT molecular complexity index is 1340. The van der Waals surface area contributed by atoms with Crippen molar-refractivity contribution in [2.45, 2.75) is 39.8 Å². The second kappa shape index (κ2) is 9.81. The minimum Gasteiger partial charge on any atom is -0.296 e. The second-order valence-corrected chi connectivity index (χ2v) is 8.62. The quantitative estimate of drug-likeness (QED) is 0.505. The molecule has 176 valence electrons. The van der Waals surface area contributed by atoms with Gasteiger partial charge in [-0.25, -0.2) is 13.8 Å². The summed E-state index contributed by atoms with van der Waals surface area (Å²) < 4.78 is 29.3. The lowest BCUT2D eigenvalue weighted by Gasteiger charge is -2.35. The number of aromatic nitrogens is 3. The molecule has 7 heteroatoms. The number of halogens is 2. The highest BCUT2D eigenvalue weighted by molar-refractivity contribution is 5.65. The lowest BCUT2D eigenvalue weighted by atomic mass is 9.95. The number of benzene rings is 1. The highest BCUT2D eigenvalue weighted by Gasteiger charge is 2.26. The summed E-state index contributed by atoms with van der Waals surface area (Å²) in [5.41, 5.74) is 4.94. The van der Waals surface area contributed by atoms with Crippen LogP contribution in [0.1, 0.15) is 37.9 Å². The Balaban J connectivity index is 1.68. The van der Waals surface area contributed by atoms with Crippen LogP contribution in [0.25, 0.3) is 16.7 Å². The van der Waals surface area contributed by atoms with Crippen molar-refractivity contribution in [1.82, 2.24) is 19.4 Å². The molecular weight excluding hydrogens is 434 g/mol. The highest BCUT2D eigenvalue weighted by atomic mass is 19.1. The molecule has 0 spiro atoms. The summed E-state index contributed by atoms with van der Waals surface area (Å²) in [6, 6.07) is 7.00. The normalized spacial score (nSPS) is 15.8. The predicted molar refractivity (Wildman–Crippen MR) is 130 cm³/mol. The molecule has 3 heterocycles. The molecule has 0 N–H and O–H groups in total. The van der Waals surface area contributed by atoms with Crippen LogP contribution in [-0.4, -0.2) is 32.0 Å². The van der Waals surface area contributed by atoms with Gasteiger partial charge in [0.25, 0.3) is 5.56 Å². The maximum Gasteiger partial charge on any atom is 0.253 e. The minimum absolute atomic E-state index is 0.00136. The smallest absolute Gasteiger partial charge is 0.253 e. The highest BCUT2D eigenvalue weighted by Crippen LogP contribution is 2.30. The number of allylic oxidation sites excluding steroid dienone is 2. The monoisotopic (exact) mass is 462 g/mol. The van der Waals surface area contributed by atoms with Gasteiger partial charge in [0.05, 0.1) is 0 Å². The number of nitrogens with zero attached hydrogens (tertiary/aromatic N) is 4. The van der Waals surface area contributed by atoms with E-state index in [9.17, 15) is 13.6 Å². The van der Waals surface area contributed by atoms with Crippen LogP contribution in [0, 0.1) is 11.6 Å². The zero-order chi connectivity index (χ0) is 24.4. The summed E-state index contributed by atoms with van der Waals surface area (Å²) in [5.74, 6) is -0.556. The van der Waals surface area contributed by atoms with Crippen LogP contribution in [0.15, 0.2) is 65.2 Å². The van der Waals surface area contributed by atoms with Crippen molar-refractivity contribution in [3.05, 3.63) is 99.5 Å². The van der Waals surface area contributed by atoms with Crippen molar-refractivity contribution in [2.24, 2.45) is 7.05 Å². The van der Waals surface area contributed by atoms with Gasteiger partial charge in [-0.05, 0) is 55.7 Å². The Labute approximate surface area is 198 Å². The molecule has 1 atom stereocenters. The average molecular weight is 463 g/mol. The van der Waals surface area contributed by atoms with Gasteiger partial charge in [-0.15, -0.1) is 0 Å². The van der Waals surface area contributed by atoms with Gasteiger partial charge in [0.15, 0.2) is 0 Å². The van der Waals surface area contributed by atoms with Crippen LogP contribution in [-0.2, 0) is 20.0 Å². The first-order valence-corrected chi connectivity index (χ1v) is 11.3. The summed E-state index contributed by atoms with van der Waals surface area (Å²) in [5, 5.41) is 0. The summed E-state index contributed by atoms with van der Waals surface area (Å²) in [4.78, 5) is 23.5. The van der Waals surface area contributed by atoms with Gasteiger partial charge in [-0.3, -0.25) is 19.2 Å². The van der Waals surface area contributed by atoms with Crippen LogP contribution < -0.4 is 5.56 Å². The van der Waals surface area contributed by atoms with Gasteiger partial charge in [0.2, 0.25) is 0 Å². The number of fused-ring (bicyclic) bond motifs is 1. The van der Waals surface area contributed by atoms with Crippen molar-refractivity contribution in [1.29, 1.82) is 0 Å². The number of pyridine rings is 1. The van der Waals surface area contributed by atoms with E-state index in [1.54, 1.807) is 17.8 Å². The van der Waals surface area contributed by atoms with Gasteiger partial charge < -0.3 is 0 Å². The fourth-order valence-electron chi connectivity index (χ4n) is 4.50. The van der Waals surface area contributed by atoms with Crippen LogP contribution in [0.5, 0.6) is 0 Å². The Morgan fingerprint density at radius 1 is 1.15 bits per heavy atom. The third kappa shape index (κ3) is 4.61. The SMILES string of the molecule is C/C=C\C(/C(C)=C(/C)c1nccc(=O)n1C)N1CCc2ncc(-c3ccc(F)cc3F)cc2C1. The Morgan fingerprint density at radius 2 is 1.94 bits per heavy atom. The molecule has 34 heavy (non-hydrogen) atoms. The van der Waals surface area contributed by atoms with Crippen LogP contribution >= 0.6 is 0 Å². The minimum atomic E-state index is -0.601. The largest absolute Gasteiger partial charge is 0.296 e. The Morgan fingerprint density at radius 3 is 2.68 bits per heavy atom. The average Bonchev–Trinajstić information content (AvgIpc) is 2.83. The molecule has 4 rings (SSSR count). The first kappa shape index (κ1) is 23.7. The maximum absolute atomic E-state index is 14.4. The molecular formula is C27H28F2N4O. The van der Waals surface area contributed by atoms with E-state index in [0.29, 0.717) is 23.5 Å². The molecule has 0 fully saturated rings. The Hall–Kier alpha value is -3.45. The molecule has 3 aromatic rings. The lowest BCUT2D eigenvalue weighted by Crippen LogP contribution is -2.39. The molecule has 1 aromatic carbocycles. The summed E-state index contributed by atoms with van der Waals surface area (Å²) >= 11 is 0. The van der Waals surface area contributed by atoms with Gasteiger partial charge in [0.1, 0.15) is 17.5 Å². The summed E-state index contributed by atoms with van der Waals surface area (Å²) in [7, 11) is 1.73. The van der Waals surface area contributed by atoms with E-state index in [1.807, 2.05) is 26.0 Å².